The van der Waals surface area contributed by atoms with Crippen molar-refractivity contribution in [3.63, 3.8) is 0 Å². The van der Waals surface area contributed by atoms with Gasteiger partial charge in [0.25, 0.3) is 0 Å². The third-order valence-corrected chi connectivity index (χ3v) is 5.00. The summed E-state index contributed by atoms with van der Waals surface area (Å²) < 4.78 is 39.3. The van der Waals surface area contributed by atoms with E-state index in [1.165, 1.54) is 16.1 Å². The Morgan fingerprint density at radius 1 is 1.48 bits per heavy atom. The number of methoxy groups -OCH3 is 1. The van der Waals surface area contributed by atoms with Gasteiger partial charge in [-0.05, 0) is 18.4 Å². The first-order valence-electron chi connectivity index (χ1n) is 8.34. The van der Waals surface area contributed by atoms with Crippen LogP contribution in [0.2, 0.25) is 0 Å². The number of carbonyl (C=O) groups is 1. The van der Waals surface area contributed by atoms with Crippen molar-refractivity contribution in [1.82, 2.24) is 14.7 Å². The monoisotopic (exact) mass is 405 g/mol. The molecular formula is C17H22F3N3O3S. The zero-order valence-electron chi connectivity index (χ0n) is 15.1. The maximum absolute atomic E-state index is 10.6. The minimum absolute atomic E-state index is 0.434. The van der Waals surface area contributed by atoms with Crippen LogP contribution in [0.3, 0.4) is 0 Å². The van der Waals surface area contributed by atoms with Gasteiger partial charge in [0, 0.05) is 49.6 Å². The lowest BCUT2D eigenvalue weighted by molar-refractivity contribution is -0.192. The fraction of sp³-hybridized carbons (Fsp3) is 0.529. The van der Waals surface area contributed by atoms with Crippen LogP contribution in [0.15, 0.2) is 23.7 Å². The average Bonchev–Trinajstić information content (AvgIpc) is 3.24. The normalized spacial score (nSPS) is 17.1. The molecule has 0 radical (unpaired) electrons. The van der Waals surface area contributed by atoms with Gasteiger partial charge in [0.1, 0.15) is 0 Å². The number of hydrogen-bond acceptors (Lipinski definition) is 5. The number of rotatable bonds is 5. The summed E-state index contributed by atoms with van der Waals surface area (Å²) >= 11 is 1.83. The number of aromatic nitrogens is 2. The predicted molar refractivity (Wildman–Crippen MR) is 94.6 cm³/mol. The number of hydrogen-bond donors (Lipinski definition) is 1. The quantitative estimate of drug-likeness (QED) is 0.826. The Bertz CT molecular complexity index is 732. The summed E-state index contributed by atoms with van der Waals surface area (Å²) in [5.41, 5.74) is 2.73. The van der Waals surface area contributed by atoms with E-state index in [0.29, 0.717) is 5.92 Å². The number of thiophene rings is 1. The van der Waals surface area contributed by atoms with E-state index in [0.717, 1.165) is 32.8 Å². The standard InChI is InChI=1S/C15H21N3OS.C2HF3O2/c1-3-18-15-10-17(9-13-5-4-6-20-13)8-12(11-19-2)14(15)7-16-18;3-2(4,5)1(6)7/h4-7,12H,3,8-11H2,1-2H3;(H,6,7). The first kappa shape index (κ1) is 21.4. The summed E-state index contributed by atoms with van der Waals surface area (Å²) in [5, 5.41) is 13.8. The first-order valence-corrected chi connectivity index (χ1v) is 9.22. The second-order valence-corrected chi connectivity index (χ2v) is 7.10. The van der Waals surface area contributed by atoms with Gasteiger partial charge in [-0.1, -0.05) is 6.07 Å². The second-order valence-electron chi connectivity index (χ2n) is 6.07. The lowest BCUT2D eigenvalue weighted by Gasteiger charge is -2.32. The Morgan fingerprint density at radius 2 is 2.19 bits per heavy atom. The Balaban J connectivity index is 0.000000321. The molecule has 150 valence electrons. The molecule has 2 aromatic heterocycles. The van der Waals surface area contributed by atoms with Crippen molar-refractivity contribution in [1.29, 1.82) is 0 Å². The fourth-order valence-corrected chi connectivity index (χ4v) is 3.73. The van der Waals surface area contributed by atoms with E-state index in [2.05, 4.69) is 39.1 Å². The largest absolute Gasteiger partial charge is 0.490 e. The van der Waals surface area contributed by atoms with E-state index in [1.54, 1.807) is 7.11 Å². The summed E-state index contributed by atoms with van der Waals surface area (Å²) in [6.45, 7) is 6.91. The lowest BCUT2D eigenvalue weighted by Crippen LogP contribution is -2.35. The van der Waals surface area contributed by atoms with Crippen molar-refractivity contribution in [3.8, 4) is 0 Å². The molecule has 1 aliphatic heterocycles. The maximum atomic E-state index is 10.6. The van der Waals surface area contributed by atoms with Gasteiger partial charge in [-0.15, -0.1) is 11.3 Å². The second kappa shape index (κ2) is 9.34. The van der Waals surface area contributed by atoms with E-state index in [4.69, 9.17) is 14.6 Å². The van der Waals surface area contributed by atoms with Crippen molar-refractivity contribution in [3.05, 3.63) is 39.8 Å². The van der Waals surface area contributed by atoms with Gasteiger partial charge in [0.05, 0.1) is 18.5 Å². The summed E-state index contributed by atoms with van der Waals surface area (Å²) in [6.07, 6.45) is -3.05. The van der Waals surface area contributed by atoms with E-state index in [9.17, 15) is 13.2 Å². The highest BCUT2D eigenvalue weighted by atomic mass is 32.1. The molecule has 1 atom stereocenters. The maximum Gasteiger partial charge on any atom is 0.490 e. The third-order valence-electron chi connectivity index (χ3n) is 4.14. The van der Waals surface area contributed by atoms with Crippen molar-refractivity contribution in [2.45, 2.75) is 38.7 Å². The molecule has 0 aromatic carbocycles. The number of carboxylic acids is 1. The Labute approximate surface area is 159 Å². The molecule has 1 N–H and O–H groups in total. The first-order chi connectivity index (χ1) is 12.8. The van der Waals surface area contributed by atoms with Crippen LogP contribution in [0, 0.1) is 0 Å². The zero-order chi connectivity index (χ0) is 20.0. The average molecular weight is 405 g/mol. The van der Waals surface area contributed by atoms with Gasteiger partial charge in [-0.2, -0.15) is 18.3 Å². The van der Waals surface area contributed by atoms with E-state index in [1.807, 2.05) is 17.5 Å². The molecular weight excluding hydrogens is 383 g/mol. The van der Waals surface area contributed by atoms with Gasteiger partial charge in [0.2, 0.25) is 0 Å². The summed E-state index contributed by atoms with van der Waals surface area (Å²) in [4.78, 5) is 12.8. The zero-order valence-corrected chi connectivity index (χ0v) is 15.9. The van der Waals surface area contributed by atoms with Gasteiger partial charge in [-0.25, -0.2) is 4.79 Å². The Hall–Kier alpha value is -1.91. The molecule has 2 aromatic rings. The molecule has 10 heteroatoms. The van der Waals surface area contributed by atoms with Crippen LogP contribution in [0.4, 0.5) is 13.2 Å². The van der Waals surface area contributed by atoms with E-state index >= 15 is 0 Å². The molecule has 6 nitrogen and oxygen atoms in total. The van der Waals surface area contributed by atoms with Crippen molar-refractivity contribution in [2.75, 3.05) is 20.3 Å². The molecule has 0 spiro atoms. The van der Waals surface area contributed by atoms with Crippen LogP contribution in [0.25, 0.3) is 0 Å². The SMILES string of the molecule is CCn1ncc2c1CN(Cc1cccs1)CC2COC.O=C(O)C(F)(F)F. The Morgan fingerprint density at radius 3 is 2.70 bits per heavy atom. The van der Waals surface area contributed by atoms with Crippen LogP contribution < -0.4 is 0 Å². The molecule has 0 bridgehead atoms. The smallest absolute Gasteiger partial charge is 0.475 e. The molecule has 3 rings (SSSR count). The van der Waals surface area contributed by atoms with Gasteiger partial charge in [-0.3, -0.25) is 9.58 Å². The van der Waals surface area contributed by atoms with Crippen LogP contribution in [-0.2, 0) is 29.2 Å². The molecule has 0 aliphatic carbocycles. The van der Waals surface area contributed by atoms with Gasteiger partial charge in [0.15, 0.2) is 0 Å². The highest BCUT2D eigenvalue weighted by Gasteiger charge is 2.38. The van der Waals surface area contributed by atoms with E-state index in [-0.39, 0.29) is 0 Å². The summed E-state index contributed by atoms with van der Waals surface area (Å²) in [5.74, 6) is -2.32. The third kappa shape index (κ3) is 5.78. The number of aliphatic carboxylic acids is 1. The van der Waals surface area contributed by atoms with Crippen molar-refractivity contribution in [2.24, 2.45) is 0 Å². The number of aryl methyl sites for hydroxylation is 1. The van der Waals surface area contributed by atoms with Crippen LogP contribution >= 0.6 is 11.3 Å². The fourth-order valence-electron chi connectivity index (χ4n) is 2.98. The number of nitrogens with zero attached hydrogens (tertiary/aromatic N) is 3. The molecule has 1 unspecified atom stereocenters. The van der Waals surface area contributed by atoms with Crippen LogP contribution in [-0.4, -0.2) is 52.2 Å². The predicted octanol–water partition coefficient (Wildman–Crippen LogP) is 3.34. The van der Waals surface area contributed by atoms with Crippen molar-refractivity contribution < 1.29 is 27.8 Å². The molecule has 0 saturated heterocycles. The van der Waals surface area contributed by atoms with Gasteiger partial charge < -0.3 is 9.84 Å². The highest BCUT2D eigenvalue weighted by molar-refractivity contribution is 7.09. The number of alkyl halides is 3. The van der Waals surface area contributed by atoms with Gasteiger partial charge >= 0.3 is 12.1 Å². The number of fused-ring (bicyclic) bond motifs is 1. The minimum Gasteiger partial charge on any atom is -0.475 e. The molecule has 1 aliphatic rings. The molecule has 3 heterocycles. The number of halogens is 3. The number of carboxylic acid groups (broad SMARTS) is 1. The molecule has 0 amide bonds. The Kier molecular flexibility index (Phi) is 7.40. The van der Waals surface area contributed by atoms with Crippen LogP contribution in [0.1, 0.15) is 29.0 Å². The lowest BCUT2D eigenvalue weighted by atomic mass is 9.95. The van der Waals surface area contributed by atoms with E-state index < -0.39 is 12.1 Å². The molecule has 0 fully saturated rings. The van der Waals surface area contributed by atoms with Crippen molar-refractivity contribution >= 4 is 17.3 Å². The minimum atomic E-state index is -5.08. The highest BCUT2D eigenvalue weighted by Crippen LogP contribution is 2.30. The molecule has 27 heavy (non-hydrogen) atoms. The topological polar surface area (TPSA) is 67.6 Å². The summed E-state index contributed by atoms with van der Waals surface area (Å²) in [6, 6.07) is 4.33. The van der Waals surface area contributed by atoms with Crippen LogP contribution in [0.5, 0.6) is 0 Å². The molecule has 0 saturated carbocycles. The summed E-state index contributed by atoms with van der Waals surface area (Å²) in [7, 11) is 1.78. The number of ether oxygens (including phenoxy) is 1.